The van der Waals surface area contributed by atoms with Crippen LogP contribution in [-0.2, 0) is 53.4 Å². The second kappa shape index (κ2) is 55.9. The molecule has 0 saturated heterocycles. The number of aliphatic hydroxyl groups excluding tert-OH is 3. The molecule has 128 heavy (non-hydrogen) atoms. The first-order valence-electron chi connectivity index (χ1n) is 44.2. The first kappa shape index (κ1) is 109. The van der Waals surface area contributed by atoms with Crippen molar-refractivity contribution < 1.29 is 69.5 Å². The molecule has 9 aromatic rings. The molecule has 3 aliphatic rings. The molecule has 0 unspecified atom stereocenters. The smallest absolute Gasteiger partial charge is 0.333 e. The number of rotatable bonds is 45. The van der Waals surface area contributed by atoms with Crippen LogP contribution in [0.5, 0.6) is 34.5 Å². The number of anilines is 3. The zero-order valence-electron chi connectivity index (χ0n) is 76.3. The number of aliphatic hydroxyl groups is 3. The molecule has 9 heterocycles. The number of alkyl halides is 1. The van der Waals surface area contributed by atoms with Gasteiger partial charge in [0, 0.05) is 124 Å². The molecular formula is C87H134BrF3I3N21O12S. The number of imidazole rings is 3. The summed E-state index contributed by atoms with van der Waals surface area (Å²) >= 11 is 10.1. The average molecular weight is 2220 g/mol. The van der Waals surface area contributed by atoms with E-state index in [1.54, 1.807) is 0 Å². The minimum atomic E-state index is -3.94. The highest BCUT2D eigenvalue weighted by Gasteiger charge is 2.28. The summed E-state index contributed by atoms with van der Waals surface area (Å²) in [7, 11) is -3.94. The van der Waals surface area contributed by atoms with Crippen LogP contribution in [0.4, 0.5) is 30.6 Å². The van der Waals surface area contributed by atoms with Crippen molar-refractivity contribution in [2.24, 2.45) is 5.14 Å². The fourth-order valence-corrected chi connectivity index (χ4v) is 16.8. The number of nitrogens with zero attached hydrogens (tertiary/aromatic N) is 16. The van der Waals surface area contributed by atoms with E-state index >= 15 is 0 Å². The number of nitrogens with one attached hydrogen (secondary N) is 1. The highest BCUT2D eigenvalue weighted by atomic mass is 127. The highest BCUT2D eigenvalue weighted by Crippen LogP contribution is 2.40. The number of hydrogen-bond donors (Lipinski definition) is 8. The van der Waals surface area contributed by atoms with Gasteiger partial charge in [-0.05, 0) is 247 Å². The lowest BCUT2D eigenvalue weighted by Gasteiger charge is -2.27. The number of nitrogen functional groups attached to an aromatic ring is 3. The van der Waals surface area contributed by atoms with Crippen molar-refractivity contribution in [2.45, 2.75) is 243 Å². The topological polar surface area (TPSA) is 419 Å². The van der Waals surface area contributed by atoms with Crippen molar-refractivity contribution in [3.05, 3.63) is 99.5 Å². The molecule has 33 nitrogen and oxygen atoms in total. The summed E-state index contributed by atoms with van der Waals surface area (Å²) in [6.07, 6.45) is 13.2. The number of ether oxygens (including phenoxy) is 6. The van der Waals surface area contributed by atoms with Crippen molar-refractivity contribution in [1.82, 2.24) is 83.5 Å². The zero-order chi connectivity index (χ0) is 93.7. The van der Waals surface area contributed by atoms with E-state index in [-0.39, 0.29) is 70.3 Å². The van der Waals surface area contributed by atoms with Gasteiger partial charge in [-0.15, -0.1) is 0 Å². The average Bonchev–Trinajstić information content (AvgIpc) is 1.63. The molecule has 0 aliphatic carbocycles. The molecule has 12 N–H and O–H groups in total. The quantitative estimate of drug-likeness (QED) is 0.00760. The van der Waals surface area contributed by atoms with Crippen LogP contribution in [0.3, 0.4) is 0 Å². The van der Waals surface area contributed by atoms with Crippen LogP contribution < -0.4 is 56.1 Å². The largest absolute Gasteiger partial charge is 0.454 e. The van der Waals surface area contributed by atoms with Gasteiger partial charge < -0.3 is 80.0 Å². The molecule has 0 atom stereocenters. The Hall–Kier alpha value is -6.48. The minimum absolute atomic E-state index is 0.0153. The van der Waals surface area contributed by atoms with Crippen molar-refractivity contribution in [1.29, 1.82) is 0 Å². The third-order valence-corrected chi connectivity index (χ3v) is 25.3. The maximum atomic E-state index is 14.1. The monoisotopic (exact) mass is 2210 g/mol. The lowest BCUT2D eigenvalue weighted by atomic mass is 10.1. The van der Waals surface area contributed by atoms with Crippen LogP contribution in [0.25, 0.3) is 33.5 Å². The third-order valence-electron chi connectivity index (χ3n) is 21.3. The summed E-state index contributed by atoms with van der Waals surface area (Å²) < 4.78 is 111. The van der Waals surface area contributed by atoms with E-state index in [4.69, 9.17) is 76.0 Å². The van der Waals surface area contributed by atoms with Crippen molar-refractivity contribution >= 4 is 145 Å². The molecule has 0 saturated carbocycles. The maximum absolute atomic E-state index is 14.1. The number of halogens is 7. The Bertz CT molecular complexity index is 4830. The van der Waals surface area contributed by atoms with E-state index in [9.17, 15) is 21.6 Å². The Morgan fingerprint density at radius 1 is 0.438 bits per heavy atom. The predicted octanol–water partition coefficient (Wildman–Crippen LogP) is 13.9. The maximum Gasteiger partial charge on any atom is 0.333 e. The summed E-state index contributed by atoms with van der Waals surface area (Å²) in [6.45, 7) is 38.4. The molecule has 0 fully saturated rings. The van der Waals surface area contributed by atoms with Crippen LogP contribution >= 0.6 is 83.7 Å². The number of hydrogen-bond acceptors (Lipinski definition) is 29. The second-order valence-electron chi connectivity index (χ2n) is 32.4. The van der Waals surface area contributed by atoms with Crippen molar-refractivity contribution in [3.8, 4) is 34.5 Å². The van der Waals surface area contributed by atoms with E-state index in [1.807, 2.05) is 50.1 Å². The van der Waals surface area contributed by atoms with Gasteiger partial charge in [-0.3, -0.25) is 23.8 Å². The Morgan fingerprint density at radius 2 is 0.742 bits per heavy atom. The van der Waals surface area contributed by atoms with E-state index in [1.165, 1.54) is 56.7 Å². The number of unbranched alkanes of at least 4 members (excludes halogenated alkanes) is 8. The third kappa shape index (κ3) is 34.5. The molecule has 0 spiro atoms. The molecule has 3 aliphatic heterocycles. The number of benzene rings is 3. The van der Waals surface area contributed by atoms with E-state index in [0.29, 0.717) is 152 Å². The first-order valence-corrected chi connectivity index (χ1v) is 50.0. The van der Waals surface area contributed by atoms with Crippen molar-refractivity contribution in [2.75, 3.05) is 128 Å². The van der Waals surface area contributed by atoms with Crippen LogP contribution in [-0.4, -0.2) is 243 Å². The van der Waals surface area contributed by atoms with Gasteiger partial charge in [0.25, 0.3) is 0 Å². The van der Waals surface area contributed by atoms with Gasteiger partial charge in [-0.25, -0.2) is 20.1 Å². The van der Waals surface area contributed by atoms with Gasteiger partial charge in [0.05, 0.1) is 19.8 Å². The molecular weight excluding hydrogens is 2080 g/mol. The fourth-order valence-electron chi connectivity index (χ4n) is 14.2. The molecule has 714 valence electrons. The van der Waals surface area contributed by atoms with Gasteiger partial charge >= 0.3 is 28.5 Å². The Kier molecular flexibility index (Phi) is 47.4. The SMILES string of the molecule is CC(C)N(CCCCO)CCn1c(Cc2cc3c(cc2I)OCO3)nc2c(N)nc(F)nc21.CC(C)N(CCCCOS(N)(=O)=O)CCn1c(Cc2cc3c(cc2I)OCO3)nc2c(N)nc(F)nc21.CC(C)NCCO.CCCCCBr.CCCCCN(CCO)C(C)C.CCCCCN(CCn1c(Cc2cc3c(cc2I)OCO3)nc2c(N)nc(F)nc21)C(C)C. The zero-order valence-corrected chi connectivity index (χ0v) is 85.2. The van der Waals surface area contributed by atoms with Crippen LogP contribution in [0.1, 0.15) is 208 Å². The number of aromatic nitrogens is 12. The predicted molar refractivity (Wildman–Crippen MR) is 524 cm³/mol. The number of fused-ring (bicyclic) bond motifs is 6. The molecule has 6 aromatic heterocycles. The molecule has 0 bridgehead atoms. The van der Waals surface area contributed by atoms with Gasteiger partial charge in [0.15, 0.2) is 85.4 Å². The van der Waals surface area contributed by atoms with Crippen molar-refractivity contribution in [3.63, 3.8) is 0 Å². The van der Waals surface area contributed by atoms with E-state index in [0.717, 1.165) is 115 Å². The summed E-state index contributed by atoms with van der Waals surface area (Å²) in [6, 6.07) is 13.7. The van der Waals surface area contributed by atoms with Crippen LogP contribution in [0.15, 0.2) is 36.4 Å². The van der Waals surface area contributed by atoms with Crippen LogP contribution in [0, 0.1) is 28.9 Å². The molecule has 41 heteroatoms. The molecule has 0 amide bonds. The van der Waals surface area contributed by atoms with Crippen LogP contribution in [0.2, 0.25) is 0 Å². The summed E-state index contributed by atoms with van der Waals surface area (Å²) in [5.41, 5.74) is 23.4. The summed E-state index contributed by atoms with van der Waals surface area (Å²) in [4.78, 5) is 46.5. The first-order chi connectivity index (χ1) is 61.2. The second-order valence-corrected chi connectivity index (χ2v) is 37.9. The minimum Gasteiger partial charge on any atom is -0.454 e. The lowest BCUT2D eigenvalue weighted by molar-refractivity contribution is 0.163. The van der Waals surface area contributed by atoms with E-state index in [2.05, 4.69) is 238 Å². The Morgan fingerprint density at radius 3 is 1.01 bits per heavy atom. The van der Waals surface area contributed by atoms with E-state index < -0.39 is 28.5 Å². The molecule has 3 aromatic carbocycles. The highest BCUT2D eigenvalue weighted by molar-refractivity contribution is 14.1. The summed E-state index contributed by atoms with van der Waals surface area (Å²) in [5, 5.41) is 35.3. The Labute approximate surface area is 801 Å². The lowest BCUT2D eigenvalue weighted by Crippen LogP contribution is -2.35. The van der Waals surface area contributed by atoms with Gasteiger partial charge in [0.1, 0.15) is 17.5 Å². The van der Waals surface area contributed by atoms with Gasteiger partial charge in [-0.2, -0.15) is 51.5 Å². The van der Waals surface area contributed by atoms with Gasteiger partial charge in [0.2, 0.25) is 20.4 Å². The summed E-state index contributed by atoms with van der Waals surface area (Å²) in [5.74, 6) is 6.50. The normalized spacial score (nSPS) is 12.7. The fraction of sp³-hybridized carbons (Fsp3) is 0.621. The standard InChI is InChI=1S/C23H30FIN6O2.C22H29FIN7O5S.C22H28FIN6O3.C10H23NO.C5H11Br.C5H13NO/c1-4-5-6-7-30(14(2)3)8-9-31-19(27-20-21(26)28-23(24)29-22(20)31)11-15-10-17-18(12-16(15)25)33-13-32-17;1-13(2)30(5-3-4-8-36-37(26,32)33)6-7-31-18(27-19-20(25)28-22(23)29-21(19)31)10-14-9-16-17(11-15(14)24)35-12-34-16;1-13(2)29(5-3-4-8-31)6-7-30-18(26-19-20(25)27-22(23)28-21(19)30)10-14-9-16-17(11-15(14)24)33-12-32-16;1-4-5-6-7-11(8-9-12)10(2)3;1-2-3-4-5-6;1-5(2)6-3-4-7/h10,12,14H,4-9,11,13H2,1-3H3,(H2,26,28,29);9,11,13H,3-8,10,12H2,1-2H3,(H2,25,28,29)(H2,26,32,33);9,11,13,31H,3-8,10,12H2,1-2H3,(H2,25,27,28);10,12H,4-9H2,1-3H3;2-5H2,1H3;5-7H,3-4H2,1-2H3. The Balaban J connectivity index is 0.000000232. The number of nitrogens with two attached hydrogens (primary N) is 4. The van der Waals surface area contributed by atoms with Gasteiger partial charge in [-0.1, -0.05) is 89.1 Å². The molecule has 0 radical (unpaired) electrons. The molecule has 12 rings (SSSR count).